The van der Waals surface area contributed by atoms with Gasteiger partial charge in [-0.25, -0.2) is 5.01 Å². The van der Waals surface area contributed by atoms with E-state index in [1.807, 2.05) is 25.1 Å². The Morgan fingerprint density at radius 1 is 0.838 bits per heavy atom. The number of hydrogen-bond donors (Lipinski definition) is 1. The minimum atomic E-state index is -0.458. The molecule has 1 heterocycles. The molecule has 0 bridgehead atoms. The van der Waals surface area contributed by atoms with Gasteiger partial charge in [0, 0.05) is 0 Å². The summed E-state index contributed by atoms with van der Waals surface area (Å²) in [7, 11) is 0. The van der Waals surface area contributed by atoms with Gasteiger partial charge in [0.2, 0.25) is 0 Å². The maximum Gasteiger partial charge on any atom is 0.282 e. The lowest BCUT2D eigenvalue weighted by Gasteiger charge is -2.19. The van der Waals surface area contributed by atoms with Crippen LogP contribution >= 0.6 is 0 Å². The van der Waals surface area contributed by atoms with E-state index in [0.717, 1.165) is 5.75 Å². The van der Waals surface area contributed by atoms with Crippen molar-refractivity contribution in [3.63, 3.8) is 0 Å². The van der Waals surface area contributed by atoms with Crippen molar-refractivity contribution in [2.45, 2.75) is 33.1 Å². The number of hydrazine groups is 1. The number of carbonyl (C=O) groups is 2. The summed E-state index contributed by atoms with van der Waals surface area (Å²) in [6.07, 6.45) is 1.55. The number of benzene rings is 3. The van der Waals surface area contributed by atoms with Gasteiger partial charge in [-0.05, 0) is 65.9 Å². The minimum Gasteiger partial charge on any atom is -0.490 e. The highest BCUT2D eigenvalue weighted by Gasteiger charge is 2.34. The summed E-state index contributed by atoms with van der Waals surface area (Å²) in [6, 6.07) is 22.3. The van der Waals surface area contributed by atoms with Gasteiger partial charge >= 0.3 is 0 Å². The predicted molar refractivity (Wildman–Crippen MR) is 144 cm³/mol. The van der Waals surface area contributed by atoms with E-state index in [1.165, 1.54) is 10.6 Å². The molecule has 4 rings (SSSR count). The molecule has 0 spiro atoms. The highest BCUT2D eigenvalue weighted by atomic mass is 16.5. The first kappa shape index (κ1) is 25.8. The van der Waals surface area contributed by atoms with Crippen molar-refractivity contribution >= 4 is 23.6 Å². The van der Waals surface area contributed by atoms with Crippen molar-refractivity contribution in [3.05, 3.63) is 89.5 Å². The molecule has 1 saturated heterocycles. The average Bonchev–Trinajstić information content (AvgIpc) is 3.16. The smallest absolute Gasteiger partial charge is 0.282 e. The van der Waals surface area contributed by atoms with E-state index < -0.39 is 11.8 Å². The fourth-order valence-corrected chi connectivity index (χ4v) is 3.85. The number of ether oxygens (including phenoxy) is 3. The number of amides is 2. The van der Waals surface area contributed by atoms with Crippen LogP contribution in [0.3, 0.4) is 0 Å². The lowest BCUT2D eigenvalue weighted by atomic mass is 9.87. The maximum atomic E-state index is 12.9. The summed E-state index contributed by atoms with van der Waals surface area (Å²) in [5, 5.41) is 1.24. The van der Waals surface area contributed by atoms with E-state index in [1.54, 1.807) is 48.5 Å². The Bertz CT molecular complexity index is 1280. The van der Waals surface area contributed by atoms with Crippen LogP contribution in [0, 0.1) is 0 Å². The first-order valence-corrected chi connectivity index (χ1v) is 12.3. The highest BCUT2D eigenvalue weighted by molar-refractivity contribution is 6.31. The second-order valence-electron chi connectivity index (χ2n) is 9.59. The van der Waals surface area contributed by atoms with E-state index in [-0.39, 0.29) is 11.0 Å². The van der Waals surface area contributed by atoms with Crippen LogP contribution in [0.1, 0.15) is 38.8 Å². The zero-order chi connectivity index (χ0) is 26.4. The second kappa shape index (κ2) is 11.2. The van der Waals surface area contributed by atoms with E-state index in [2.05, 4.69) is 38.3 Å². The molecule has 1 aliphatic rings. The molecule has 0 radical (unpaired) electrons. The Morgan fingerprint density at radius 3 is 2.22 bits per heavy atom. The van der Waals surface area contributed by atoms with Crippen LogP contribution in [-0.4, -0.2) is 31.6 Å². The standard InChI is InChI=1S/C30H32N2O5/c1-5-35-27-20-21(19-25-28(33)31-32(29(25)34)23-9-7-6-8-10-23)11-16-26(27)37-18-17-36-24-14-12-22(13-15-24)30(2,3)4/h6-16,19-20H,5,17-18H2,1-4H3,(H,31,33)/b25-19+. The molecule has 1 N–H and O–H groups in total. The molecule has 37 heavy (non-hydrogen) atoms. The average molecular weight is 501 g/mol. The molecule has 1 aliphatic heterocycles. The maximum absolute atomic E-state index is 12.9. The van der Waals surface area contributed by atoms with Crippen molar-refractivity contribution in [1.29, 1.82) is 0 Å². The summed E-state index contributed by atoms with van der Waals surface area (Å²) in [5.41, 5.74) is 5.24. The number of hydrogen-bond acceptors (Lipinski definition) is 5. The normalized spacial score (nSPS) is 14.6. The Kier molecular flexibility index (Phi) is 7.82. The predicted octanol–water partition coefficient (Wildman–Crippen LogP) is 5.30. The third-order valence-electron chi connectivity index (χ3n) is 5.81. The van der Waals surface area contributed by atoms with Crippen molar-refractivity contribution < 1.29 is 23.8 Å². The van der Waals surface area contributed by atoms with Gasteiger partial charge in [0.15, 0.2) is 11.5 Å². The van der Waals surface area contributed by atoms with E-state index in [9.17, 15) is 9.59 Å². The zero-order valence-electron chi connectivity index (χ0n) is 21.6. The molecule has 1 fully saturated rings. The fraction of sp³-hybridized carbons (Fsp3) is 0.267. The van der Waals surface area contributed by atoms with Crippen LogP contribution in [-0.2, 0) is 15.0 Å². The van der Waals surface area contributed by atoms with Crippen LogP contribution in [0.15, 0.2) is 78.4 Å². The second-order valence-corrected chi connectivity index (χ2v) is 9.59. The van der Waals surface area contributed by atoms with Gasteiger partial charge in [0.1, 0.15) is 24.5 Å². The van der Waals surface area contributed by atoms with Gasteiger partial charge in [0.25, 0.3) is 11.8 Å². The summed E-state index contributed by atoms with van der Waals surface area (Å²) >= 11 is 0. The van der Waals surface area contributed by atoms with Crippen LogP contribution < -0.4 is 24.6 Å². The Hall–Kier alpha value is -4.26. The summed E-state index contributed by atoms with van der Waals surface area (Å²) in [4.78, 5) is 25.4. The van der Waals surface area contributed by atoms with Gasteiger partial charge in [-0.3, -0.25) is 15.0 Å². The largest absolute Gasteiger partial charge is 0.490 e. The molecule has 3 aromatic carbocycles. The molecule has 0 aliphatic carbocycles. The molecule has 0 aromatic heterocycles. The molecule has 7 nitrogen and oxygen atoms in total. The van der Waals surface area contributed by atoms with Crippen molar-refractivity contribution in [1.82, 2.24) is 5.43 Å². The summed E-state index contributed by atoms with van der Waals surface area (Å²) < 4.78 is 17.5. The molecule has 0 unspecified atom stereocenters. The zero-order valence-corrected chi connectivity index (χ0v) is 21.6. The SMILES string of the molecule is CCOc1cc(/C=C2\C(=O)NN(c3ccccc3)C2=O)ccc1OCCOc1ccc(C(C)(C)C)cc1. The van der Waals surface area contributed by atoms with Gasteiger partial charge in [-0.15, -0.1) is 0 Å². The Labute approximate surface area is 217 Å². The van der Waals surface area contributed by atoms with Gasteiger partial charge in [-0.1, -0.05) is 57.2 Å². The summed E-state index contributed by atoms with van der Waals surface area (Å²) in [6.45, 7) is 9.54. The quantitative estimate of drug-likeness (QED) is 0.245. The number of rotatable bonds is 9. The molecule has 2 amide bonds. The van der Waals surface area contributed by atoms with Gasteiger partial charge < -0.3 is 14.2 Å². The van der Waals surface area contributed by atoms with E-state index in [0.29, 0.717) is 42.6 Å². The number of para-hydroxylation sites is 1. The Morgan fingerprint density at radius 2 is 1.54 bits per heavy atom. The van der Waals surface area contributed by atoms with E-state index in [4.69, 9.17) is 14.2 Å². The number of nitrogens with zero attached hydrogens (tertiary/aromatic N) is 1. The van der Waals surface area contributed by atoms with Crippen molar-refractivity contribution in [2.24, 2.45) is 0 Å². The van der Waals surface area contributed by atoms with Crippen molar-refractivity contribution in [2.75, 3.05) is 24.8 Å². The molecule has 192 valence electrons. The van der Waals surface area contributed by atoms with Crippen LogP contribution in [0.4, 0.5) is 5.69 Å². The van der Waals surface area contributed by atoms with Crippen molar-refractivity contribution in [3.8, 4) is 17.2 Å². The van der Waals surface area contributed by atoms with Gasteiger partial charge in [-0.2, -0.15) is 0 Å². The molecule has 0 saturated carbocycles. The lowest BCUT2D eigenvalue weighted by molar-refractivity contribution is -0.117. The third kappa shape index (κ3) is 6.30. The summed E-state index contributed by atoms with van der Waals surface area (Å²) in [5.74, 6) is 0.996. The molecule has 0 atom stereocenters. The first-order chi connectivity index (χ1) is 17.8. The van der Waals surface area contributed by atoms with Crippen LogP contribution in [0.2, 0.25) is 0 Å². The molecule has 7 heteroatoms. The highest BCUT2D eigenvalue weighted by Crippen LogP contribution is 2.30. The Balaban J connectivity index is 1.40. The monoisotopic (exact) mass is 500 g/mol. The molecule has 3 aromatic rings. The minimum absolute atomic E-state index is 0.0471. The molecular formula is C30H32N2O5. The molecular weight excluding hydrogens is 468 g/mol. The van der Waals surface area contributed by atoms with Crippen LogP contribution in [0.25, 0.3) is 6.08 Å². The van der Waals surface area contributed by atoms with E-state index >= 15 is 0 Å². The van der Waals surface area contributed by atoms with Gasteiger partial charge in [0.05, 0.1) is 12.3 Å². The fourth-order valence-electron chi connectivity index (χ4n) is 3.85. The number of carbonyl (C=O) groups excluding carboxylic acids is 2. The third-order valence-corrected chi connectivity index (χ3v) is 5.81. The topological polar surface area (TPSA) is 77.1 Å². The first-order valence-electron chi connectivity index (χ1n) is 12.3. The lowest BCUT2D eigenvalue weighted by Crippen LogP contribution is -2.35. The number of anilines is 1. The number of nitrogens with one attached hydrogen (secondary N) is 1. The van der Waals surface area contributed by atoms with Crippen LogP contribution in [0.5, 0.6) is 17.2 Å².